The minimum atomic E-state index is -0.721. The quantitative estimate of drug-likeness (QED) is 0.675. The molecule has 0 saturated carbocycles. The predicted octanol–water partition coefficient (Wildman–Crippen LogP) is 4.59. The molecule has 0 spiro atoms. The van der Waals surface area contributed by atoms with Crippen molar-refractivity contribution in [1.29, 1.82) is 0 Å². The number of nitrogens with zero attached hydrogens (tertiary/aromatic N) is 1. The van der Waals surface area contributed by atoms with Gasteiger partial charge >= 0.3 is 12.0 Å². The van der Waals surface area contributed by atoms with Crippen LogP contribution in [0.2, 0.25) is 10.0 Å². The lowest BCUT2D eigenvalue weighted by Crippen LogP contribution is -2.48. The lowest BCUT2D eigenvalue weighted by molar-refractivity contribution is -0.139. The number of urea groups is 1. The maximum Gasteiger partial charge on any atom is 0.338 e. The SMILES string of the molecule is CCOC(=O)C1=C(COc2ccccc2Cl)N(C)C(=O)NC1c1cccc(Cl)c1. The third-order valence-electron chi connectivity index (χ3n) is 4.46. The summed E-state index contributed by atoms with van der Waals surface area (Å²) in [5.41, 5.74) is 1.33. The van der Waals surface area contributed by atoms with Gasteiger partial charge in [-0.25, -0.2) is 9.59 Å². The number of halogens is 2. The lowest BCUT2D eigenvalue weighted by Gasteiger charge is -2.34. The molecule has 2 aromatic rings. The van der Waals surface area contributed by atoms with Crippen LogP contribution in [-0.4, -0.2) is 37.2 Å². The van der Waals surface area contributed by atoms with E-state index in [9.17, 15) is 9.59 Å². The van der Waals surface area contributed by atoms with E-state index in [0.29, 0.717) is 27.1 Å². The van der Waals surface area contributed by atoms with E-state index in [1.165, 1.54) is 4.90 Å². The molecule has 1 unspecified atom stereocenters. The summed E-state index contributed by atoms with van der Waals surface area (Å²) >= 11 is 12.3. The fraction of sp³-hybridized carbons (Fsp3) is 0.238. The Morgan fingerprint density at radius 1 is 1.17 bits per heavy atom. The van der Waals surface area contributed by atoms with E-state index < -0.39 is 12.0 Å². The van der Waals surface area contributed by atoms with Crippen LogP contribution in [0, 0.1) is 0 Å². The van der Waals surface area contributed by atoms with Gasteiger partial charge in [-0.15, -0.1) is 0 Å². The van der Waals surface area contributed by atoms with Gasteiger partial charge in [0.05, 0.1) is 28.9 Å². The van der Waals surface area contributed by atoms with E-state index in [1.807, 2.05) is 0 Å². The van der Waals surface area contributed by atoms with E-state index in [0.717, 1.165) is 0 Å². The van der Waals surface area contributed by atoms with Crippen molar-refractivity contribution in [3.8, 4) is 5.75 Å². The Balaban J connectivity index is 2.05. The van der Waals surface area contributed by atoms with Crippen LogP contribution in [0.1, 0.15) is 18.5 Å². The molecule has 1 N–H and O–H groups in total. The molecule has 2 aromatic carbocycles. The number of carbonyl (C=O) groups excluding carboxylic acids is 2. The molecule has 6 nitrogen and oxygen atoms in total. The summed E-state index contributed by atoms with van der Waals surface area (Å²) in [6.45, 7) is 1.87. The summed E-state index contributed by atoms with van der Waals surface area (Å²) in [5.74, 6) is -0.0920. The standard InChI is InChI=1S/C21H20Cl2N2O4/c1-3-28-20(26)18-16(12-29-17-10-5-4-9-15(17)23)25(2)21(27)24-19(18)13-7-6-8-14(22)11-13/h4-11,19H,3,12H2,1-2H3,(H,24,27). The molecule has 1 aliphatic heterocycles. The van der Waals surface area contributed by atoms with Gasteiger partial charge in [0, 0.05) is 12.1 Å². The number of likely N-dealkylation sites (N-methyl/N-ethyl adjacent to an activating group) is 1. The number of benzene rings is 2. The van der Waals surface area contributed by atoms with Gasteiger partial charge in [-0.1, -0.05) is 47.5 Å². The third kappa shape index (κ3) is 4.66. The molecule has 2 amide bonds. The number of carbonyl (C=O) groups is 2. The zero-order valence-corrected chi connectivity index (χ0v) is 17.5. The molecule has 0 bridgehead atoms. The Labute approximate surface area is 179 Å². The Morgan fingerprint density at radius 3 is 2.62 bits per heavy atom. The Bertz CT molecular complexity index is 961. The highest BCUT2D eigenvalue weighted by Gasteiger charge is 2.37. The number of para-hydroxylation sites is 1. The van der Waals surface area contributed by atoms with E-state index in [-0.39, 0.29) is 24.8 Å². The summed E-state index contributed by atoms with van der Waals surface area (Å²) in [6, 6.07) is 12.8. The molecular formula is C21H20Cl2N2O4. The second kappa shape index (κ2) is 9.20. The van der Waals surface area contributed by atoms with E-state index in [1.54, 1.807) is 62.5 Å². The summed E-state index contributed by atoms with van der Waals surface area (Å²) in [4.78, 5) is 26.8. The van der Waals surface area contributed by atoms with Crippen molar-refractivity contribution < 1.29 is 19.1 Å². The molecule has 0 radical (unpaired) electrons. The van der Waals surface area contributed by atoms with Gasteiger partial charge < -0.3 is 14.8 Å². The average molecular weight is 435 g/mol. The normalized spacial score (nSPS) is 16.5. The second-order valence-electron chi connectivity index (χ2n) is 6.30. The Kier molecular flexibility index (Phi) is 6.67. The smallest absolute Gasteiger partial charge is 0.338 e. The number of hydrogen-bond acceptors (Lipinski definition) is 4. The van der Waals surface area contributed by atoms with Gasteiger partial charge in [0.15, 0.2) is 0 Å². The first-order chi connectivity index (χ1) is 13.9. The van der Waals surface area contributed by atoms with Crippen LogP contribution in [0.15, 0.2) is 59.8 Å². The van der Waals surface area contributed by atoms with Gasteiger partial charge in [-0.05, 0) is 36.8 Å². The van der Waals surface area contributed by atoms with Gasteiger partial charge in [0.1, 0.15) is 12.4 Å². The zero-order valence-electron chi connectivity index (χ0n) is 15.9. The van der Waals surface area contributed by atoms with E-state index >= 15 is 0 Å². The highest BCUT2D eigenvalue weighted by atomic mass is 35.5. The van der Waals surface area contributed by atoms with Crippen LogP contribution in [0.5, 0.6) is 5.75 Å². The van der Waals surface area contributed by atoms with Crippen molar-refractivity contribution in [3.63, 3.8) is 0 Å². The van der Waals surface area contributed by atoms with Crippen molar-refractivity contribution >= 4 is 35.2 Å². The number of hydrogen-bond donors (Lipinski definition) is 1. The van der Waals surface area contributed by atoms with E-state index in [2.05, 4.69) is 5.32 Å². The number of rotatable bonds is 6. The first kappa shape index (κ1) is 21.0. The van der Waals surface area contributed by atoms with Crippen LogP contribution >= 0.6 is 23.2 Å². The number of amides is 2. The second-order valence-corrected chi connectivity index (χ2v) is 7.14. The molecule has 1 heterocycles. The number of esters is 1. The molecule has 152 valence electrons. The van der Waals surface area contributed by atoms with Gasteiger partial charge in [0.2, 0.25) is 0 Å². The Hall–Kier alpha value is -2.70. The van der Waals surface area contributed by atoms with Crippen molar-refractivity contribution in [2.24, 2.45) is 0 Å². The molecule has 0 aliphatic carbocycles. The maximum atomic E-state index is 12.8. The fourth-order valence-corrected chi connectivity index (χ4v) is 3.41. The zero-order chi connectivity index (χ0) is 21.0. The fourth-order valence-electron chi connectivity index (χ4n) is 3.03. The van der Waals surface area contributed by atoms with Crippen LogP contribution in [-0.2, 0) is 9.53 Å². The predicted molar refractivity (Wildman–Crippen MR) is 111 cm³/mol. The first-order valence-electron chi connectivity index (χ1n) is 8.99. The van der Waals surface area contributed by atoms with Gasteiger partial charge in [-0.3, -0.25) is 4.90 Å². The Morgan fingerprint density at radius 2 is 1.93 bits per heavy atom. The lowest BCUT2D eigenvalue weighted by atomic mass is 9.95. The summed E-state index contributed by atoms with van der Waals surface area (Å²) in [5, 5.41) is 3.75. The van der Waals surface area contributed by atoms with Crippen molar-refractivity contribution in [1.82, 2.24) is 10.2 Å². The van der Waals surface area contributed by atoms with Gasteiger partial charge in [-0.2, -0.15) is 0 Å². The third-order valence-corrected chi connectivity index (χ3v) is 5.00. The van der Waals surface area contributed by atoms with Crippen LogP contribution < -0.4 is 10.1 Å². The molecule has 3 rings (SSSR count). The van der Waals surface area contributed by atoms with Crippen LogP contribution in [0.3, 0.4) is 0 Å². The van der Waals surface area contributed by atoms with Crippen molar-refractivity contribution in [2.45, 2.75) is 13.0 Å². The minimum Gasteiger partial charge on any atom is -0.486 e. The van der Waals surface area contributed by atoms with E-state index in [4.69, 9.17) is 32.7 Å². The molecule has 8 heteroatoms. The summed E-state index contributed by atoms with van der Waals surface area (Å²) in [6.07, 6.45) is 0. The summed E-state index contributed by atoms with van der Waals surface area (Å²) < 4.78 is 11.1. The summed E-state index contributed by atoms with van der Waals surface area (Å²) in [7, 11) is 1.56. The number of ether oxygens (including phenoxy) is 2. The highest BCUT2D eigenvalue weighted by molar-refractivity contribution is 6.32. The topological polar surface area (TPSA) is 67.9 Å². The van der Waals surface area contributed by atoms with Crippen LogP contribution in [0.4, 0.5) is 4.79 Å². The van der Waals surface area contributed by atoms with Crippen molar-refractivity contribution in [3.05, 3.63) is 75.4 Å². The average Bonchev–Trinajstić information content (AvgIpc) is 2.70. The van der Waals surface area contributed by atoms with Crippen LogP contribution in [0.25, 0.3) is 0 Å². The molecule has 0 saturated heterocycles. The number of nitrogens with one attached hydrogen (secondary N) is 1. The first-order valence-corrected chi connectivity index (χ1v) is 9.75. The highest BCUT2D eigenvalue weighted by Crippen LogP contribution is 2.33. The molecule has 1 aliphatic rings. The molecule has 29 heavy (non-hydrogen) atoms. The molecule has 1 atom stereocenters. The maximum absolute atomic E-state index is 12.8. The molecular weight excluding hydrogens is 415 g/mol. The minimum absolute atomic E-state index is 0.0428. The molecule has 0 fully saturated rings. The monoisotopic (exact) mass is 434 g/mol. The largest absolute Gasteiger partial charge is 0.486 e. The van der Waals surface area contributed by atoms with Crippen molar-refractivity contribution in [2.75, 3.05) is 20.3 Å². The molecule has 0 aromatic heterocycles. The van der Waals surface area contributed by atoms with Gasteiger partial charge in [0.25, 0.3) is 0 Å².